The Morgan fingerprint density at radius 3 is 1.88 bits per heavy atom. The third kappa shape index (κ3) is 2.18. The maximum absolute atomic E-state index is 4.66. The number of fused-ring (bicyclic) bond motifs is 4. The fraction of sp³-hybridized carbons (Fsp3) is 0.0476. The summed E-state index contributed by atoms with van der Waals surface area (Å²) >= 11 is 1.66. The van der Waals surface area contributed by atoms with E-state index in [1.807, 2.05) is 13.1 Å². The van der Waals surface area contributed by atoms with E-state index in [2.05, 4.69) is 81.5 Å². The number of aromatic nitrogens is 1. The van der Waals surface area contributed by atoms with Gasteiger partial charge in [-0.2, -0.15) is 0 Å². The smallest absolute Gasteiger partial charge is 0.211 e. The first-order chi connectivity index (χ1) is 12.3. The summed E-state index contributed by atoms with van der Waals surface area (Å²) in [6.07, 6.45) is 0. The highest BCUT2D eigenvalue weighted by Crippen LogP contribution is 2.36. The molecule has 3 aromatic carbocycles. The third-order valence-electron chi connectivity index (χ3n) is 4.60. The highest BCUT2D eigenvalue weighted by Gasteiger charge is 2.23. The Morgan fingerprint density at radius 1 is 0.680 bits per heavy atom. The van der Waals surface area contributed by atoms with Crippen LogP contribution in [0, 0.1) is 0 Å². The maximum Gasteiger partial charge on any atom is 0.211 e. The lowest BCUT2D eigenvalue weighted by Gasteiger charge is -1.98. The van der Waals surface area contributed by atoms with Gasteiger partial charge in [-0.05, 0) is 23.3 Å². The summed E-state index contributed by atoms with van der Waals surface area (Å²) in [4.78, 5) is 0.899. The zero-order valence-electron chi connectivity index (χ0n) is 13.7. The van der Waals surface area contributed by atoms with E-state index in [-0.39, 0.29) is 0 Å². The number of aryl methyl sites for hydroxylation is 1. The van der Waals surface area contributed by atoms with Gasteiger partial charge in [-0.1, -0.05) is 72.0 Å². The van der Waals surface area contributed by atoms with Crippen LogP contribution < -0.4 is 4.80 Å². The molecule has 0 atom stereocenters. The number of hydrogen-bond donors (Lipinski definition) is 0. The first-order valence-electron chi connectivity index (χ1n) is 8.18. The van der Waals surface area contributed by atoms with Crippen LogP contribution in [0.2, 0.25) is 0 Å². The number of rotatable bonds is 1. The Morgan fingerprint density at radius 2 is 1.24 bits per heavy atom. The predicted molar refractivity (Wildman–Crippen MR) is 104 cm³/mol. The molecule has 0 unspecified atom stereocenters. The molecule has 25 heavy (non-hydrogen) atoms. The SMILES string of the molecule is Cn1/c(=N\N=C2c3ccccc3-c3ccccc32)sc2ccccc21. The van der Waals surface area contributed by atoms with Crippen molar-refractivity contribution in [2.24, 2.45) is 17.3 Å². The van der Waals surface area contributed by atoms with E-state index < -0.39 is 0 Å². The van der Waals surface area contributed by atoms with Crippen molar-refractivity contribution in [1.29, 1.82) is 0 Å². The standard InChI is InChI=1S/C21H15N3S/c1-24-18-12-6-7-13-19(18)25-21(24)23-22-20-16-10-4-2-8-14(16)15-9-3-5-11-17(15)20/h2-13H,1H3/b23-21+. The molecule has 4 aromatic rings. The molecule has 4 heteroatoms. The molecule has 0 bridgehead atoms. The Labute approximate surface area is 149 Å². The molecule has 120 valence electrons. The molecule has 0 aliphatic heterocycles. The van der Waals surface area contributed by atoms with Crippen LogP contribution in [0.1, 0.15) is 11.1 Å². The monoisotopic (exact) mass is 341 g/mol. The van der Waals surface area contributed by atoms with E-state index in [0.717, 1.165) is 21.6 Å². The van der Waals surface area contributed by atoms with Gasteiger partial charge < -0.3 is 4.57 Å². The Hall–Kier alpha value is -2.98. The van der Waals surface area contributed by atoms with E-state index in [9.17, 15) is 0 Å². The molecule has 0 amide bonds. The van der Waals surface area contributed by atoms with Gasteiger partial charge in [0.2, 0.25) is 4.80 Å². The summed E-state index contributed by atoms with van der Waals surface area (Å²) < 4.78 is 3.31. The number of benzene rings is 3. The second-order valence-electron chi connectivity index (χ2n) is 6.05. The summed E-state index contributed by atoms with van der Waals surface area (Å²) in [6.45, 7) is 0. The second-order valence-corrected chi connectivity index (χ2v) is 7.06. The third-order valence-corrected chi connectivity index (χ3v) is 5.71. The number of hydrogen-bond acceptors (Lipinski definition) is 3. The second kappa shape index (κ2) is 5.53. The average Bonchev–Trinajstić information content (AvgIpc) is 3.16. The Bertz CT molecular complexity index is 1160. The van der Waals surface area contributed by atoms with Crippen molar-refractivity contribution in [3.8, 4) is 11.1 Å². The van der Waals surface area contributed by atoms with Crippen LogP contribution in [0.5, 0.6) is 0 Å². The molecular formula is C21H15N3S. The average molecular weight is 341 g/mol. The number of thiazole rings is 1. The van der Waals surface area contributed by atoms with Crippen molar-refractivity contribution in [2.45, 2.75) is 0 Å². The molecule has 1 aliphatic rings. The van der Waals surface area contributed by atoms with Gasteiger partial charge in [0, 0.05) is 18.2 Å². The van der Waals surface area contributed by atoms with Gasteiger partial charge in [-0.3, -0.25) is 0 Å². The van der Waals surface area contributed by atoms with Crippen molar-refractivity contribution in [2.75, 3.05) is 0 Å². The number of para-hydroxylation sites is 1. The van der Waals surface area contributed by atoms with Crippen molar-refractivity contribution in [3.63, 3.8) is 0 Å². The molecule has 1 aromatic heterocycles. The quantitative estimate of drug-likeness (QED) is 0.400. The summed E-state index contributed by atoms with van der Waals surface area (Å²) in [7, 11) is 2.04. The highest BCUT2D eigenvalue weighted by atomic mass is 32.1. The van der Waals surface area contributed by atoms with Crippen molar-refractivity contribution in [1.82, 2.24) is 4.57 Å². The van der Waals surface area contributed by atoms with Gasteiger partial charge in [0.05, 0.1) is 10.2 Å². The molecule has 0 saturated heterocycles. The lowest BCUT2D eigenvalue weighted by molar-refractivity contribution is 0.888. The molecule has 3 nitrogen and oxygen atoms in total. The fourth-order valence-corrected chi connectivity index (χ4v) is 4.34. The first kappa shape index (κ1) is 14.4. The van der Waals surface area contributed by atoms with Crippen LogP contribution in [0.15, 0.2) is 83.0 Å². The van der Waals surface area contributed by atoms with Crippen molar-refractivity contribution < 1.29 is 0 Å². The molecule has 0 spiro atoms. The zero-order valence-corrected chi connectivity index (χ0v) is 14.5. The fourth-order valence-electron chi connectivity index (χ4n) is 3.37. The van der Waals surface area contributed by atoms with Crippen LogP contribution >= 0.6 is 11.3 Å². The van der Waals surface area contributed by atoms with E-state index in [4.69, 9.17) is 0 Å². The highest BCUT2D eigenvalue weighted by molar-refractivity contribution is 7.16. The molecule has 0 fully saturated rings. The first-order valence-corrected chi connectivity index (χ1v) is 9.00. The van der Waals surface area contributed by atoms with Crippen LogP contribution in [0.25, 0.3) is 21.3 Å². The zero-order chi connectivity index (χ0) is 16.8. The van der Waals surface area contributed by atoms with Gasteiger partial charge in [0.1, 0.15) is 5.71 Å². The van der Waals surface area contributed by atoms with Crippen molar-refractivity contribution >= 4 is 27.3 Å². The molecule has 5 rings (SSSR count). The lowest BCUT2D eigenvalue weighted by atomic mass is 10.1. The molecular weight excluding hydrogens is 326 g/mol. The lowest BCUT2D eigenvalue weighted by Crippen LogP contribution is -2.09. The maximum atomic E-state index is 4.66. The molecule has 0 N–H and O–H groups in total. The Balaban J connectivity index is 1.74. The summed E-state index contributed by atoms with van der Waals surface area (Å²) in [5, 5.41) is 9.26. The number of nitrogens with zero attached hydrogens (tertiary/aromatic N) is 3. The van der Waals surface area contributed by atoms with Gasteiger partial charge in [-0.15, -0.1) is 10.2 Å². The Kier molecular flexibility index (Phi) is 3.18. The van der Waals surface area contributed by atoms with Gasteiger partial charge >= 0.3 is 0 Å². The van der Waals surface area contributed by atoms with Crippen molar-refractivity contribution in [3.05, 3.63) is 88.7 Å². The van der Waals surface area contributed by atoms with Gasteiger partial charge in [0.25, 0.3) is 0 Å². The van der Waals surface area contributed by atoms with E-state index >= 15 is 0 Å². The molecule has 1 aliphatic carbocycles. The minimum atomic E-state index is 0.899. The molecule has 0 radical (unpaired) electrons. The normalized spacial score (nSPS) is 13.2. The molecule has 0 saturated carbocycles. The predicted octanol–water partition coefficient (Wildman–Crippen LogP) is 4.57. The van der Waals surface area contributed by atoms with Crippen LogP contribution in [0.3, 0.4) is 0 Å². The minimum Gasteiger partial charge on any atom is -0.318 e. The van der Waals surface area contributed by atoms with Crippen LogP contribution in [-0.2, 0) is 7.05 Å². The minimum absolute atomic E-state index is 0.899. The van der Waals surface area contributed by atoms with E-state index in [0.29, 0.717) is 0 Å². The largest absolute Gasteiger partial charge is 0.318 e. The van der Waals surface area contributed by atoms with Gasteiger partial charge in [0.15, 0.2) is 0 Å². The van der Waals surface area contributed by atoms with E-state index in [1.165, 1.54) is 21.3 Å². The topological polar surface area (TPSA) is 29.6 Å². The van der Waals surface area contributed by atoms with E-state index in [1.54, 1.807) is 11.3 Å². The van der Waals surface area contributed by atoms with Crippen LogP contribution in [0.4, 0.5) is 0 Å². The summed E-state index contributed by atoms with van der Waals surface area (Å²) in [6, 6.07) is 25.1. The molecule has 1 heterocycles. The van der Waals surface area contributed by atoms with Gasteiger partial charge in [-0.25, -0.2) is 0 Å². The summed E-state index contributed by atoms with van der Waals surface area (Å²) in [5.74, 6) is 0. The summed E-state index contributed by atoms with van der Waals surface area (Å²) in [5.41, 5.74) is 6.88. The van der Waals surface area contributed by atoms with Crippen LogP contribution in [-0.4, -0.2) is 10.3 Å².